The number of ether oxygens (including phenoxy) is 1. The van der Waals surface area contributed by atoms with E-state index in [0.29, 0.717) is 17.7 Å². The monoisotopic (exact) mass is 372 g/mol. The second-order valence-electron chi connectivity index (χ2n) is 5.62. The van der Waals surface area contributed by atoms with Gasteiger partial charge >= 0.3 is 29.6 Å². The molecular formula is C18H21NaO5S. The van der Waals surface area contributed by atoms with Crippen molar-refractivity contribution in [2.75, 3.05) is 0 Å². The summed E-state index contributed by atoms with van der Waals surface area (Å²) in [7, 11) is -4.67. The molecule has 0 atom stereocenters. The summed E-state index contributed by atoms with van der Waals surface area (Å²) in [6.45, 7) is 2.11. The smallest absolute Gasteiger partial charge is 0.871 e. The maximum atomic E-state index is 12.2. The fraction of sp³-hybridized carbons (Fsp3) is 0.333. The van der Waals surface area contributed by atoms with E-state index in [4.69, 9.17) is 4.74 Å². The number of benzene rings is 2. The normalized spacial score (nSPS) is 11.0. The summed E-state index contributed by atoms with van der Waals surface area (Å²) in [4.78, 5) is -0.719. The first kappa shape index (κ1) is 22.0. The molecule has 7 heteroatoms. The Morgan fingerprint density at radius 3 is 2.36 bits per heavy atom. The summed E-state index contributed by atoms with van der Waals surface area (Å²) in [5.41, 5.74) is 0.703. The number of hydrogen-bond acceptors (Lipinski definition) is 4. The molecule has 0 fully saturated rings. The van der Waals surface area contributed by atoms with Crippen molar-refractivity contribution in [3.05, 3.63) is 48.0 Å². The van der Waals surface area contributed by atoms with E-state index in [1.54, 1.807) is 30.3 Å². The third-order valence-electron chi connectivity index (χ3n) is 3.63. The molecule has 2 rings (SSSR count). The van der Waals surface area contributed by atoms with Crippen LogP contribution in [0.25, 0.3) is 0 Å². The van der Waals surface area contributed by atoms with Gasteiger partial charge in [-0.05, 0) is 36.6 Å². The number of unbranched alkanes of at least 4 members (excludes halogenated alkanes) is 3. The van der Waals surface area contributed by atoms with Crippen LogP contribution in [0.5, 0.6) is 17.2 Å². The zero-order valence-electron chi connectivity index (χ0n) is 14.6. The van der Waals surface area contributed by atoms with E-state index in [2.05, 4.69) is 6.92 Å². The van der Waals surface area contributed by atoms with E-state index in [-0.39, 0.29) is 35.3 Å². The summed E-state index contributed by atoms with van der Waals surface area (Å²) in [6, 6.07) is 11.3. The molecule has 0 aromatic heterocycles. The average molecular weight is 372 g/mol. The molecule has 2 aromatic rings. The minimum atomic E-state index is -4.67. The van der Waals surface area contributed by atoms with Crippen LogP contribution in [-0.2, 0) is 16.5 Å². The van der Waals surface area contributed by atoms with Crippen LogP contribution in [0.3, 0.4) is 0 Å². The molecule has 0 heterocycles. The molecule has 0 aliphatic heterocycles. The van der Waals surface area contributed by atoms with Crippen LogP contribution in [0.15, 0.2) is 47.4 Å². The second-order valence-corrected chi connectivity index (χ2v) is 6.98. The van der Waals surface area contributed by atoms with Gasteiger partial charge in [0.1, 0.15) is 16.4 Å². The van der Waals surface area contributed by atoms with Crippen molar-refractivity contribution in [3.8, 4) is 17.2 Å². The summed E-state index contributed by atoms with van der Waals surface area (Å²) >= 11 is 0. The molecule has 0 radical (unpaired) electrons. The Kier molecular flexibility index (Phi) is 8.96. The van der Waals surface area contributed by atoms with Gasteiger partial charge in [-0.1, -0.05) is 56.2 Å². The van der Waals surface area contributed by atoms with Gasteiger partial charge < -0.3 is 9.84 Å². The van der Waals surface area contributed by atoms with Gasteiger partial charge in [-0.25, -0.2) is 0 Å². The van der Waals surface area contributed by atoms with Crippen molar-refractivity contribution >= 4 is 10.1 Å². The van der Waals surface area contributed by atoms with Crippen LogP contribution in [0, 0.1) is 0 Å². The SMILES string of the molecule is CCCCCCc1cc([O-])c(S(=O)(=O)O)c(Oc2ccccc2)c1.[Na+]. The first-order valence-corrected chi connectivity index (χ1v) is 9.40. The molecule has 0 amide bonds. The van der Waals surface area contributed by atoms with Gasteiger partial charge in [0.15, 0.2) is 0 Å². The molecule has 0 aliphatic rings. The molecule has 2 aromatic carbocycles. The van der Waals surface area contributed by atoms with Crippen LogP contribution in [0.1, 0.15) is 38.2 Å². The van der Waals surface area contributed by atoms with Crippen molar-refractivity contribution in [1.82, 2.24) is 0 Å². The van der Waals surface area contributed by atoms with E-state index in [1.807, 2.05) is 0 Å². The van der Waals surface area contributed by atoms with Crippen molar-refractivity contribution in [3.63, 3.8) is 0 Å². The summed E-state index contributed by atoms with van der Waals surface area (Å²) in [6.07, 6.45) is 4.83. The van der Waals surface area contributed by atoms with Gasteiger partial charge in [0.05, 0.1) is 0 Å². The van der Waals surface area contributed by atoms with Crippen LogP contribution in [0.2, 0.25) is 0 Å². The number of rotatable bonds is 8. The Morgan fingerprint density at radius 1 is 1.08 bits per heavy atom. The predicted molar refractivity (Wildman–Crippen MR) is 90.1 cm³/mol. The maximum absolute atomic E-state index is 12.2. The van der Waals surface area contributed by atoms with Gasteiger partial charge in [-0.2, -0.15) is 8.42 Å². The van der Waals surface area contributed by atoms with Gasteiger partial charge in [0, 0.05) is 0 Å². The molecule has 1 N–H and O–H groups in total. The average Bonchev–Trinajstić information content (AvgIpc) is 2.51. The van der Waals surface area contributed by atoms with Crippen molar-refractivity contribution in [2.45, 2.75) is 43.9 Å². The van der Waals surface area contributed by atoms with Gasteiger partial charge in [0.25, 0.3) is 10.1 Å². The minimum Gasteiger partial charge on any atom is -0.871 e. The molecule has 0 bridgehead atoms. The van der Waals surface area contributed by atoms with E-state index in [1.165, 1.54) is 12.1 Å². The fourth-order valence-corrected chi connectivity index (χ4v) is 3.14. The van der Waals surface area contributed by atoms with E-state index in [0.717, 1.165) is 25.7 Å². The molecular weight excluding hydrogens is 351 g/mol. The zero-order valence-corrected chi connectivity index (χ0v) is 17.4. The molecule has 130 valence electrons. The van der Waals surface area contributed by atoms with Crippen molar-refractivity contribution < 1.29 is 52.4 Å². The summed E-state index contributed by atoms with van der Waals surface area (Å²) < 4.78 is 38.0. The van der Waals surface area contributed by atoms with E-state index < -0.39 is 20.8 Å². The van der Waals surface area contributed by atoms with Crippen LogP contribution in [0.4, 0.5) is 0 Å². The molecule has 0 aliphatic carbocycles. The van der Waals surface area contributed by atoms with Crippen LogP contribution < -0.4 is 39.4 Å². The molecule has 0 saturated carbocycles. The van der Waals surface area contributed by atoms with Crippen LogP contribution >= 0.6 is 0 Å². The molecule has 0 saturated heterocycles. The summed E-state index contributed by atoms with van der Waals surface area (Å²) in [5.74, 6) is -0.497. The van der Waals surface area contributed by atoms with Gasteiger partial charge in [-0.3, -0.25) is 4.55 Å². The minimum absolute atomic E-state index is 0. The van der Waals surface area contributed by atoms with E-state index in [9.17, 15) is 18.1 Å². The Balaban J connectivity index is 0.00000312. The number of para-hydroxylation sites is 1. The maximum Gasteiger partial charge on any atom is 1.00 e. The van der Waals surface area contributed by atoms with E-state index >= 15 is 0 Å². The van der Waals surface area contributed by atoms with Crippen molar-refractivity contribution in [2.24, 2.45) is 0 Å². The Morgan fingerprint density at radius 2 is 1.76 bits per heavy atom. The number of hydrogen-bond donors (Lipinski definition) is 1. The molecule has 5 nitrogen and oxygen atoms in total. The molecule has 0 unspecified atom stereocenters. The topological polar surface area (TPSA) is 86.7 Å². The number of aryl methyl sites for hydroxylation is 1. The zero-order chi connectivity index (χ0) is 17.6. The third-order valence-corrected chi connectivity index (χ3v) is 4.55. The predicted octanol–water partition coefficient (Wildman–Crippen LogP) is 0.926. The Labute approximate surface area is 171 Å². The Hall–Kier alpha value is -1.05. The third kappa shape index (κ3) is 6.64. The van der Waals surface area contributed by atoms with Crippen LogP contribution in [-0.4, -0.2) is 13.0 Å². The van der Waals surface area contributed by atoms with Gasteiger partial charge in [-0.15, -0.1) is 0 Å². The quantitative estimate of drug-likeness (QED) is 0.423. The first-order valence-electron chi connectivity index (χ1n) is 7.96. The first-order chi connectivity index (χ1) is 11.4. The standard InChI is InChI=1S/C18H22O5S.Na/c1-2-3-4-6-9-14-12-16(19)18(24(20,21)22)17(13-14)23-15-10-7-5-8-11-15;/h5,7-8,10-13,19H,2-4,6,9H2,1H3,(H,20,21,22);/q;+1/p-1. The molecule has 25 heavy (non-hydrogen) atoms. The molecule has 0 spiro atoms. The summed E-state index contributed by atoms with van der Waals surface area (Å²) in [5, 5.41) is 12.2. The second kappa shape index (κ2) is 10.2. The van der Waals surface area contributed by atoms with Crippen molar-refractivity contribution in [1.29, 1.82) is 0 Å². The Bertz CT molecular complexity index is 776. The van der Waals surface area contributed by atoms with Gasteiger partial charge in [0.2, 0.25) is 0 Å². The largest absolute Gasteiger partial charge is 1.00 e. The fourth-order valence-electron chi connectivity index (χ4n) is 2.48.